The fourth-order valence-electron chi connectivity index (χ4n) is 3.59. The molecule has 1 amide bonds. The van der Waals surface area contributed by atoms with E-state index >= 15 is 0 Å². The minimum atomic E-state index is -4.34. The van der Waals surface area contributed by atoms with Crippen molar-refractivity contribution in [3.05, 3.63) is 53.2 Å². The molecule has 0 radical (unpaired) electrons. The normalized spacial score (nSPS) is 16.0. The maximum atomic E-state index is 14.7. The van der Waals surface area contributed by atoms with Gasteiger partial charge in [-0.05, 0) is 23.8 Å². The number of anilines is 1. The SMILES string of the molecule is COc1ccc2c3c(cnc2n1)CC(C#N)C(=O)N3Cc1c(F)cc(S(N)(=O)=O)cc1F. The highest BCUT2D eigenvalue weighted by Crippen LogP contribution is 2.37. The van der Waals surface area contributed by atoms with Crippen molar-refractivity contribution in [2.24, 2.45) is 11.1 Å². The number of nitriles is 1. The number of rotatable bonds is 4. The van der Waals surface area contributed by atoms with Gasteiger partial charge in [0.25, 0.3) is 0 Å². The van der Waals surface area contributed by atoms with Crippen LogP contribution in [0.3, 0.4) is 0 Å². The molecule has 1 unspecified atom stereocenters. The van der Waals surface area contributed by atoms with Crippen molar-refractivity contribution >= 4 is 32.7 Å². The van der Waals surface area contributed by atoms with E-state index in [-0.39, 0.29) is 17.9 Å². The molecule has 0 aliphatic carbocycles. The van der Waals surface area contributed by atoms with Crippen LogP contribution in [0.15, 0.2) is 35.4 Å². The van der Waals surface area contributed by atoms with Crippen LogP contribution in [0, 0.1) is 28.9 Å². The number of methoxy groups -OCH3 is 1. The molecule has 9 nitrogen and oxygen atoms in total. The van der Waals surface area contributed by atoms with Gasteiger partial charge in [-0.3, -0.25) is 4.79 Å². The predicted molar refractivity (Wildman–Crippen MR) is 108 cm³/mol. The van der Waals surface area contributed by atoms with Gasteiger partial charge in [0.05, 0.1) is 30.3 Å². The first-order valence-corrected chi connectivity index (χ1v) is 10.7. The highest BCUT2D eigenvalue weighted by molar-refractivity contribution is 7.89. The van der Waals surface area contributed by atoms with E-state index < -0.39 is 50.5 Å². The molecule has 2 N–H and O–H groups in total. The lowest BCUT2D eigenvalue weighted by molar-refractivity contribution is -0.121. The molecule has 32 heavy (non-hydrogen) atoms. The molecule has 0 spiro atoms. The Bertz CT molecular complexity index is 1400. The number of primary sulfonamides is 1. The third-order valence-electron chi connectivity index (χ3n) is 5.13. The van der Waals surface area contributed by atoms with Crippen LogP contribution in [0.4, 0.5) is 14.5 Å². The summed E-state index contributed by atoms with van der Waals surface area (Å²) in [5.74, 6) is -3.84. The number of ether oxygens (including phenoxy) is 1. The van der Waals surface area contributed by atoms with Crippen molar-refractivity contribution in [2.45, 2.75) is 17.9 Å². The van der Waals surface area contributed by atoms with Crippen LogP contribution in [0.5, 0.6) is 5.88 Å². The molecule has 1 atom stereocenters. The van der Waals surface area contributed by atoms with Crippen LogP contribution >= 0.6 is 0 Å². The number of hydrogen-bond acceptors (Lipinski definition) is 7. The minimum Gasteiger partial charge on any atom is -0.481 e. The fraction of sp³-hybridized carbons (Fsp3) is 0.200. The molecule has 1 aliphatic heterocycles. The number of aromatic nitrogens is 2. The van der Waals surface area contributed by atoms with Gasteiger partial charge in [-0.1, -0.05) is 0 Å². The van der Waals surface area contributed by atoms with Crippen molar-refractivity contribution < 1.29 is 26.7 Å². The molecule has 0 saturated heterocycles. The molecule has 0 bridgehead atoms. The summed E-state index contributed by atoms with van der Waals surface area (Å²) in [4.78, 5) is 21.8. The van der Waals surface area contributed by atoms with Gasteiger partial charge in [0.1, 0.15) is 17.6 Å². The molecular weight excluding hydrogens is 444 g/mol. The number of halogens is 2. The van der Waals surface area contributed by atoms with E-state index in [1.165, 1.54) is 13.3 Å². The lowest BCUT2D eigenvalue weighted by Gasteiger charge is -2.32. The summed E-state index contributed by atoms with van der Waals surface area (Å²) in [6.07, 6.45) is 1.52. The number of benzene rings is 1. The fourth-order valence-corrected chi connectivity index (χ4v) is 4.12. The molecule has 4 rings (SSSR count). The van der Waals surface area contributed by atoms with Gasteiger partial charge in [-0.2, -0.15) is 10.2 Å². The van der Waals surface area contributed by atoms with Gasteiger partial charge in [-0.15, -0.1) is 0 Å². The number of carbonyl (C=O) groups is 1. The smallest absolute Gasteiger partial charge is 0.245 e. The second-order valence-electron chi connectivity index (χ2n) is 7.08. The topological polar surface area (TPSA) is 139 Å². The summed E-state index contributed by atoms with van der Waals surface area (Å²) in [5.41, 5.74) is 0.525. The maximum absolute atomic E-state index is 14.7. The monoisotopic (exact) mass is 459 g/mol. The lowest BCUT2D eigenvalue weighted by atomic mass is 9.92. The van der Waals surface area contributed by atoms with Gasteiger partial charge in [0.15, 0.2) is 5.65 Å². The minimum absolute atomic E-state index is 0.0749. The molecule has 0 saturated carbocycles. The zero-order chi connectivity index (χ0) is 23.2. The Morgan fingerprint density at radius 3 is 2.59 bits per heavy atom. The van der Waals surface area contributed by atoms with Gasteiger partial charge in [0.2, 0.25) is 21.8 Å². The van der Waals surface area contributed by atoms with Crippen LogP contribution in [-0.2, 0) is 27.8 Å². The first kappa shape index (κ1) is 21.5. The zero-order valence-electron chi connectivity index (χ0n) is 16.5. The Hall–Kier alpha value is -3.69. The summed E-state index contributed by atoms with van der Waals surface area (Å²) < 4.78 is 57.4. The quantitative estimate of drug-likeness (QED) is 0.627. The molecule has 1 aliphatic rings. The van der Waals surface area contributed by atoms with Gasteiger partial charge < -0.3 is 9.64 Å². The van der Waals surface area contributed by atoms with Crippen molar-refractivity contribution in [3.8, 4) is 11.9 Å². The second-order valence-corrected chi connectivity index (χ2v) is 8.64. The van der Waals surface area contributed by atoms with Crippen LogP contribution < -0.4 is 14.8 Å². The average Bonchev–Trinajstić information content (AvgIpc) is 2.75. The van der Waals surface area contributed by atoms with Crippen molar-refractivity contribution in [1.82, 2.24) is 9.97 Å². The Balaban J connectivity index is 1.89. The Morgan fingerprint density at radius 1 is 1.31 bits per heavy atom. The number of amides is 1. The van der Waals surface area contributed by atoms with Crippen molar-refractivity contribution in [3.63, 3.8) is 0 Å². The summed E-state index contributed by atoms with van der Waals surface area (Å²) in [6, 6.07) is 6.22. The van der Waals surface area contributed by atoms with Gasteiger partial charge in [-0.25, -0.2) is 27.3 Å². The van der Waals surface area contributed by atoms with Crippen molar-refractivity contribution in [2.75, 3.05) is 12.0 Å². The summed E-state index contributed by atoms with van der Waals surface area (Å²) >= 11 is 0. The lowest BCUT2D eigenvalue weighted by Crippen LogP contribution is -2.41. The number of pyridine rings is 2. The highest BCUT2D eigenvalue weighted by Gasteiger charge is 2.36. The van der Waals surface area contributed by atoms with E-state index in [0.29, 0.717) is 28.8 Å². The van der Waals surface area contributed by atoms with E-state index in [1.54, 1.807) is 12.1 Å². The number of nitrogens with zero attached hydrogens (tertiary/aromatic N) is 4. The van der Waals surface area contributed by atoms with E-state index in [1.807, 2.05) is 6.07 Å². The van der Waals surface area contributed by atoms with Crippen LogP contribution in [0.2, 0.25) is 0 Å². The Morgan fingerprint density at radius 2 is 2.00 bits per heavy atom. The van der Waals surface area contributed by atoms with Gasteiger partial charge >= 0.3 is 0 Å². The molecule has 3 aromatic rings. The highest BCUT2D eigenvalue weighted by atomic mass is 32.2. The van der Waals surface area contributed by atoms with Gasteiger partial charge in [0, 0.05) is 29.6 Å². The third-order valence-corrected chi connectivity index (χ3v) is 6.03. The van der Waals surface area contributed by atoms with E-state index in [9.17, 15) is 27.3 Å². The molecule has 0 fully saturated rings. The molecule has 1 aromatic carbocycles. The average molecular weight is 459 g/mol. The Kier molecular flexibility index (Phi) is 5.23. The first-order valence-electron chi connectivity index (χ1n) is 9.18. The standard InChI is InChI=1S/C20H15F2N5O4S/c1-31-17-3-2-13-18-11(8-25-19(13)26-17)4-10(7-23)20(28)27(18)9-14-15(21)5-12(6-16(14)22)32(24,29)30/h2-3,5-6,8,10H,4,9H2,1H3,(H2,24,29,30). The molecular formula is C20H15F2N5O4S. The Labute approximate surface area is 181 Å². The largest absolute Gasteiger partial charge is 0.481 e. The molecule has 12 heteroatoms. The second kappa shape index (κ2) is 7.77. The van der Waals surface area contributed by atoms with E-state index in [0.717, 1.165) is 4.90 Å². The number of carbonyl (C=O) groups excluding carboxylic acids is 1. The number of fused-ring (bicyclic) bond motifs is 3. The third kappa shape index (κ3) is 3.61. The maximum Gasteiger partial charge on any atom is 0.245 e. The van der Waals surface area contributed by atoms with Crippen LogP contribution in [0.1, 0.15) is 11.1 Å². The first-order chi connectivity index (χ1) is 15.1. The number of nitrogens with two attached hydrogens (primary N) is 1. The summed E-state index contributed by atoms with van der Waals surface area (Å²) in [6.45, 7) is -0.586. The van der Waals surface area contributed by atoms with Crippen molar-refractivity contribution in [1.29, 1.82) is 5.26 Å². The van der Waals surface area contributed by atoms with E-state index in [2.05, 4.69) is 9.97 Å². The summed E-state index contributed by atoms with van der Waals surface area (Å²) in [5, 5.41) is 14.8. The predicted octanol–water partition coefficient (Wildman–Crippen LogP) is 1.79. The number of hydrogen-bond donors (Lipinski definition) is 1. The molecule has 3 heterocycles. The van der Waals surface area contributed by atoms with Crippen LogP contribution in [-0.4, -0.2) is 31.4 Å². The number of sulfonamides is 1. The van der Waals surface area contributed by atoms with Crippen LogP contribution in [0.25, 0.3) is 11.0 Å². The summed E-state index contributed by atoms with van der Waals surface area (Å²) in [7, 11) is -2.91. The molecule has 164 valence electrons. The zero-order valence-corrected chi connectivity index (χ0v) is 17.4. The van der Waals surface area contributed by atoms with E-state index in [4.69, 9.17) is 9.88 Å². The molecule has 2 aromatic heterocycles.